The third kappa shape index (κ3) is 5.28. The molecule has 0 amide bonds. The Labute approximate surface area is 337 Å². The quantitative estimate of drug-likeness (QED) is 0.158. The van der Waals surface area contributed by atoms with Crippen LogP contribution in [-0.2, 0) is 0 Å². The van der Waals surface area contributed by atoms with Gasteiger partial charge in [0.05, 0.1) is 0 Å². The molecule has 0 N–H and O–H groups in total. The first-order chi connectivity index (χ1) is 28.2. The number of hydrogen-bond acceptors (Lipinski definition) is 3. The van der Waals surface area contributed by atoms with Crippen molar-refractivity contribution in [3.8, 4) is 22.3 Å². The van der Waals surface area contributed by atoms with E-state index in [9.17, 15) is 0 Å². The molecule has 12 rings (SSSR count). The minimum absolute atomic E-state index is 1.12. The van der Waals surface area contributed by atoms with Crippen molar-refractivity contribution in [1.29, 1.82) is 0 Å². The van der Waals surface area contributed by atoms with Crippen molar-refractivity contribution in [2.75, 3.05) is 4.90 Å². The second kappa shape index (κ2) is 12.9. The molecule has 10 aromatic carbocycles. The largest absolute Gasteiger partial charge is 0.310 e. The van der Waals surface area contributed by atoms with E-state index in [1.54, 1.807) is 0 Å². The lowest BCUT2D eigenvalue weighted by molar-refractivity contribution is 1.29. The monoisotopic (exact) mass is 759 g/mol. The molecule has 0 fully saturated rings. The number of hydrogen-bond donors (Lipinski definition) is 0. The van der Waals surface area contributed by atoms with E-state index in [0.717, 1.165) is 17.1 Å². The molecule has 0 atom stereocenters. The predicted molar refractivity (Wildman–Crippen MR) is 250 cm³/mol. The summed E-state index contributed by atoms with van der Waals surface area (Å²) >= 11 is 3.74. The van der Waals surface area contributed by atoms with Crippen molar-refractivity contribution >= 4 is 112 Å². The molecule has 0 aliphatic carbocycles. The Kier molecular flexibility index (Phi) is 7.34. The summed E-state index contributed by atoms with van der Waals surface area (Å²) in [6.45, 7) is 0. The molecule has 0 spiro atoms. The van der Waals surface area contributed by atoms with Crippen LogP contribution < -0.4 is 4.90 Å². The minimum atomic E-state index is 1.12. The van der Waals surface area contributed by atoms with Gasteiger partial charge in [-0.15, -0.1) is 22.7 Å². The van der Waals surface area contributed by atoms with Gasteiger partial charge in [0.15, 0.2) is 0 Å². The zero-order valence-corrected chi connectivity index (χ0v) is 32.4. The lowest BCUT2D eigenvalue weighted by atomic mass is 9.94. The van der Waals surface area contributed by atoms with E-state index in [1.165, 1.54) is 94.9 Å². The fourth-order valence-electron chi connectivity index (χ4n) is 8.90. The highest BCUT2D eigenvalue weighted by Crippen LogP contribution is 2.43. The van der Waals surface area contributed by atoms with Gasteiger partial charge in [0.25, 0.3) is 0 Å². The van der Waals surface area contributed by atoms with Crippen LogP contribution in [0.3, 0.4) is 0 Å². The highest BCUT2D eigenvalue weighted by atomic mass is 32.1. The van der Waals surface area contributed by atoms with Crippen LogP contribution in [0.4, 0.5) is 17.1 Å². The van der Waals surface area contributed by atoms with Crippen LogP contribution in [0.5, 0.6) is 0 Å². The fourth-order valence-corrected chi connectivity index (χ4v) is 11.2. The van der Waals surface area contributed by atoms with Crippen LogP contribution in [0.2, 0.25) is 0 Å². The highest BCUT2D eigenvalue weighted by molar-refractivity contribution is 7.26. The molecule has 2 heterocycles. The van der Waals surface area contributed by atoms with Gasteiger partial charge >= 0.3 is 0 Å². The summed E-state index contributed by atoms with van der Waals surface area (Å²) in [4.78, 5) is 2.40. The molecular weight excluding hydrogens is 727 g/mol. The van der Waals surface area contributed by atoms with E-state index < -0.39 is 0 Å². The Morgan fingerprint density at radius 2 is 0.561 bits per heavy atom. The molecule has 0 unspecified atom stereocenters. The van der Waals surface area contributed by atoms with Crippen LogP contribution in [0.15, 0.2) is 200 Å². The molecule has 0 saturated carbocycles. The average molecular weight is 760 g/mol. The fraction of sp³-hybridized carbons (Fsp3) is 0. The summed E-state index contributed by atoms with van der Waals surface area (Å²) in [7, 11) is 0. The maximum absolute atomic E-state index is 2.40. The van der Waals surface area contributed by atoms with Gasteiger partial charge in [-0.05, 0) is 115 Å². The van der Waals surface area contributed by atoms with Crippen LogP contribution >= 0.6 is 22.7 Å². The van der Waals surface area contributed by atoms with Gasteiger partial charge in [-0.2, -0.15) is 0 Å². The molecule has 57 heavy (non-hydrogen) atoms. The van der Waals surface area contributed by atoms with Gasteiger partial charge < -0.3 is 4.90 Å². The van der Waals surface area contributed by atoms with Gasteiger partial charge in [0, 0.05) is 57.4 Å². The van der Waals surface area contributed by atoms with Crippen LogP contribution in [0.1, 0.15) is 0 Å². The second-order valence-electron chi connectivity index (χ2n) is 14.9. The predicted octanol–water partition coefficient (Wildman–Crippen LogP) is 16.7. The van der Waals surface area contributed by atoms with Gasteiger partial charge in [0.2, 0.25) is 0 Å². The summed E-state index contributed by atoms with van der Waals surface area (Å²) < 4.78 is 5.31. The summed E-state index contributed by atoms with van der Waals surface area (Å²) in [5, 5.41) is 13.0. The van der Waals surface area contributed by atoms with Crippen molar-refractivity contribution in [2.45, 2.75) is 0 Å². The minimum Gasteiger partial charge on any atom is -0.310 e. The zero-order chi connectivity index (χ0) is 37.5. The standard InChI is InChI=1S/C54H33NS2/c1-2-11-43-41(9-1)42-10-3-4-12-44(42)50-33-40(27-30-45(43)50)55(38-23-17-34(18-24-38)36-21-28-48-46-13-5-7-15-51(46)56-53(48)31-36)39-25-19-35(20-26-39)37-22-29-49-47-14-6-8-16-52(47)57-54(49)32-37/h1-33H. The van der Waals surface area contributed by atoms with Crippen LogP contribution in [-0.4, -0.2) is 0 Å². The maximum Gasteiger partial charge on any atom is 0.0468 e. The molecule has 0 aliphatic heterocycles. The van der Waals surface area contributed by atoms with E-state index in [0.29, 0.717) is 0 Å². The van der Waals surface area contributed by atoms with Crippen LogP contribution in [0, 0.1) is 0 Å². The van der Waals surface area contributed by atoms with Crippen molar-refractivity contribution in [1.82, 2.24) is 0 Å². The molecule has 2 aromatic heterocycles. The highest BCUT2D eigenvalue weighted by Gasteiger charge is 2.17. The summed E-state index contributed by atoms with van der Waals surface area (Å²) in [6.07, 6.45) is 0. The zero-order valence-electron chi connectivity index (χ0n) is 30.8. The second-order valence-corrected chi connectivity index (χ2v) is 17.0. The SMILES string of the molecule is c1ccc2c(c1)sc1cc(-c3ccc(N(c4ccc(-c5ccc6c(c5)sc5ccccc56)cc4)c4ccc5c6ccccc6c6ccccc6c5c4)cc3)ccc12. The van der Waals surface area contributed by atoms with Gasteiger partial charge in [-0.1, -0.05) is 140 Å². The molecule has 3 heteroatoms. The molecule has 0 aliphatic rings. The van der Waals surface area contributed by atoms with E-state index >= 15 is 0 Å². The lowest BCUT2D eigenvalue weighted by Gasteiger charge is -2.26. The third-order valence-electron chi connectivity index (χ3n) is 11.7. The van der Waals surface area contributed by atoms with E-state index in [2.05, 4.69) is 205 Å². The average Bonchev–Trinajstić information content (AvgIpc) is 3.85. The number of rotatable bonds is 5. The summed E-state index contributed by atoms with van der Waals surface area (Å²) in [6, 6.07) is 74.0. The molecule has 1 nitrogen and oxygen atoms in total. The third-order valence-corrected chi connectivity index (χ3v) is 13.9. The van der Waals surface area contributed by atoms with E-state index in [-0.39, 0.29) is 0 Å². The summed E-state index contributed by atoms with van der Waals surface area (Å²) in [5.41, 5.74) is 8.24. The normalized spacial score (nSPS) is 11.9. The molecule has 0 bridgehead atoms. The van der Waals surface area contributed by atoms with Gasteiger partial charge in [-0.25, -0.2) is 0 Å². The summed E-state index contributed by atoms with van der Waals surface area (Å²) in [5.74, 6) is 0. The number of anilines is 3. The van der Waals surface area contributed by atoms with Crippen molar-refractivity contribution in [2.24, 2.45) is 0 Å². The smallest absolute Gasteiger partial charge is 0.0468 e. The van der Waals surface area contributed by atoms with E-state index in [1.807, 2.05) is 22.7 Å². The first-order valence-electron chi connectivity index (χ1n) is 19.4. The number of fused-ring (bicyclic) bond motifs is 12. The van der Waals surface area contributed by atoms with Crippen LogP contribution in [0.25, 0.3) is 94.9 Å². The molecule has 0 radical (unpaired) electrons. The Balaban J connectivity index is 0.985. The number of nitrogens with zero attached hydrogens (tertiary/aromatic N) is 1. The Morgan fingerprint density at radius 3 is 1.04 bits per heavy atom. The Bertz CT molecular complexity index is 3330. The van der Waals surface area contributed by atoms with E-state index in [4.69, 9.17) is 0 Å². The van der Waals surface area contributed by atoms with Gasteiger partial charge in [-0.3, -0.25) is 0 Å². The van der Waals surface area contributed by atoms with Crippen molar-refractivity contribution in [3.63, 3.8) is 0 Å². The Morgan fingerprint density at radius 1 is 0.228 bits per heavy atom. The lowest BCUT2D eigenvalue weighted by Crippen LogP contribution is -2.10. The molecule has 12 aromatic rings. The topological polar surface area (TPSA) is 3.24 Å². The van der Waals surface area contributed by atoms with Crippen molar-refractivity contribution < 1.29 is 0 Å². The van der Waals surface area contributed by atoms with Crippen molar-refractivity contribution in [3.05, 3.63) is 200 Å². The maximum atomic E-state index is 2.40. The first-order valence-corrected chi connectivity index (χ1v) is 21.0. The number of benzene rings is 10. The molecular formula is C54H33NS2. The Hall–Kier alpha value is -6.78. The first kappa shape index (κ1) is 32.5. The molecule has 0 saturated heterocycles. The molecule has 266 valence electrons. The van der Waals surface area contributed by atoms with Gasteiger partial charge in [0.1, 0.15) is 0 Å². The number of thiophene rings is 2.